The molecule has 0 radical (unpaired) electrons. The number of carbonyl (C=O) groups is 2. The molecule has 0 aliphatic carbocycles. The van der Waals surface area contributed by atoms with Crippen molar-refractivity contribution in [3.63, 3.8) is 0 Å². The van der Waals surface area contributed by atoms with Crippen LogP contribution in [-0.4, -0.2) is 43.5 Å². The number of rotatable bonds is 2. The average molecular weight is 254 g/mol. The van der Waals surface area contributed by atoms with Crippen molar-refractivity contribution < 1.29 is 14.3 Å². The van der Waals surface area contributed by atoms with Crippen molar-refractivity contribution in [1.29, 1.82) is 0 Å². The maximum atomic E-state index is 12.2. The normalized spacial score (nSPS) is 16.3. The molecule has 17 heavy (non-hydrogen) atoms. The summed E-state index contributed by atoms with van der Waals surface area (Å²) in [6.45, 7) is 1.52. The first-order valence-electron chi connectivity index (χ1n) is 5.40. The zero-order valence-electron chi connectivity index (χ0n) is 9.56. The van der Waals surface area contributed by atoms with E-state index in [-0.39, 0.29) is 11.8 Å². The van der Waals surface area contributed by atoms with Gasteiger partial charge in [0.05, 0.1) is 7.11 Å². The summed E-state index contributed by atoms with van der Waals surface area (Å²) >= 11 is 1.36. The highest BCUT2D eigenvalue weighted by Gasteiger charge is 2.23. The second kappa shape index (κ2) is 5.18. The van der Waals surface area contributed by atoms with Crippen LogP contribution < -0.4 is 10.1 Å². The van der Waals surface area contributed by atoms with Gasteiger partial charge in [0.2, 0.25) is 5.91 Å². The number of amides is 2. The second-order valence-electron chi connectivity index (χ2n) is 3.71. The minimum absolute atomic E-state index is 0.00144. The van der Waals surface area contributed by atoms with E-state index in [1.165, 1.54) is 11.3 Å². The molecule has 0 saturated carbocycles. The van der Waals surface area contributed by atoms with E-state index in [2.05, 4.69) is 5.32 Å². The molecular formula is C11H14N2O3S. The van der Waals surface area contributed by atoms with Gasteiger partial charge in [-0.15, -0.1) is 11.3 Å². The van der Waals surface area contributed by atoms with Crippen LogP contribution in [0, 0.1) is 0 Å². The molecule has 1 aliphatic heterocycles. The maximum absolute atomic E-state index is 12.2. The Kier molecular flexibility index (Phi) is 3.63. The van der Waals surface area contributed by atoms with Gasteiger partial charge < -0.3 is 15.0 Å². The zero-order valence-corrected chi connectivity index (χ0v) is 10.4. The van der Waals surface area contributed by atoms with E-state index in [4.69, 9.17) is 4.74 Å². The monoisotopic (exact) mass is 254 g/mol. The third kappa shape index (κ3) is 2.58. The van der Waals surface area contributed by atoms with Crippen LogP contribution in [0.2, 0.25) is 0 Å². The van der Waals surface area contributed by atoms with Crippen molar-refractivity contribution in [3.8, 4) is 5.75 Å². The summed E-state index contributed by atoms with van der Waals surface area (Å²) in [5, 5.41) is 4.57. The van der Waals surface area contributed by atoms with Crippen LogP contribution in [-0.2, 0) is 4.79 Å². The third-order valence-corrected chi connectivity index (χ3v) is 3.53. The minimum atomic E-state index is -0.0617. The Hall–Kier alpha value is -1.56. The van der Waals surface area contributed by atoms with E-state index in [1.807, 2.05) is 5.38 Å². The highest BCUT2D eigenvalue weighted by molar-refractivity contribution is 7.12. The Morgan fingerprint density at radius 3 is 3.12 bits per heavy atom. The quantitative estimate of drug-likeness (QED) is 0.846. The standard InChI is InChI=1S/C11H14N2O3S/c1-16-8-3-7-17-10(8)11(15)13-5-2-9(14)12-4-6-13/h3,7H,2,4-6H2,1H3,(H,12,14). The predicted octanol–water partition coefficient (Wildman–Crippen LogP) is 0.719. The lowest BCUT2D eigenvalue weighted by Crippen LogP contribution is -2.33. The fourth-order valence-corrected chi connectivity index (χ4v) is 2.55. The summed E-state index contributed by atoms with van der Waals surface area (Å²) in [6, 6.07) is 1.78. The van der Waals surface area contributed by atoms with Gasteiger partial charge in [0, 0.05) is 26.1 Å². The smallest absolute Gasteiger partial charge is 0.267 e. The molecule has 2 amide bonds. The molecule has 0 bridgehead atoms. The van der Waals surface area contributed by atoms with Gasteiger partial charge in [-0.3, -0.25) is 9.59 Å². The summed E-state index contributed by atoms with van der Waals surface area (Å²) in [4.78, 5) is 25.7. The summed E-state index contributed by atoms with van der Waals surface area (Å²) in [5.74, 6) is 0.537. The molecule has 1 saturated heterocycles. The second-order valence-corrected chi connectivity index (χ2v) is 4.63. The van der Waals surface area contributed by atoms with Crippen LogP contribution in [0.3, 0.4) is 0 Å². The SMILES string of the molecule is COc1ccsc1C(=O)N1CCNC(=O)CC1. The van der Waals surface area contributed by atoms with Crippen LogP contribution in [0.1, 0.15) is 16.1 Å². The molecule has 5 nitrogen and oxygen atoms in total. The van der Waals surface area contributed by atoms with Crippen LogP contribution in [0.25, 0.3) is 0 Å². The first-order valence-corrected chi connectivity index (χ1v) is 6.28. The minimum Gasteiger partial charge on any atom is -0.495 e. The molecule has 2 heterocycles. The number of hydrogen-bond acceptors (Lipinski definition) is 4. The lowest BCUT2D eigenvalue weighted by atomic mass is 10.3. The van der Waals surface area contributed by atoms with Gasteiger partial charge in [-0.05, 0) is 11.4 Å². The number of nitrogens with zero attached hydrogens (tertiary/aromatic N) is 1. The number of thiophene rings is 1. The Bertz CT molecular complexity index is 430. The summed E-state index contributed by atoms with van der Waals surface area (Å²) in [5.41, 5.74) is 0. The van der Waals surface area contributed by atoms with Gasteiger partial charge in [0.15, 0.2) is 0 Å². The molecule has 6 heteroatoms. The van der Waals surface area contributed by atoms with Crippen molar-refractivity contribution in [2.24, 2.45) is 0 Å². The predicted molar refractivity (Wildman–Crippen MR) is 64.4 cm³/mol. The molecule has 0 aromatic carbocycles. The van der Waals surface area contributed by atoms with Crippen LogP contribution in [0.4, 0.5) is 0 Å². The molecular weight excluding hydrogens is 240 g/mol. The summed E-state index contributed by atoms with van der Waals surface area (Å²) in [7, 11) is 1.55. The zero-order chi connectivity index (χ0) is 12.3. The van der Waals surface area contributed by atoms with Crippen LogP contribution >= 0.6 is 11.3 Å². The van der Waals surface area contributed by atoms with Crippen molar-refractivity contribution in [3.05, 3.63) is 16.3 Å². The van der Waals surface area contributed by atoms with E-state index in [0.717, 1.165) is 0 Å². The molecule has 1 aliphatic rings. The van der Waals surface area contributed by atoms with Gasteiger partial charge in [-0.1, -0.05) is 0 Å². The van der Waals surface area contributed by atoms with Crippen LogP contribution in [0.15, 0.2) is 11.4 Å². The van der Waals surface area contributed by atoms with Gasteiger partial charge in [0.25, 0.3) is 5.91 Å². The van der Waals surface area contributed by atoms with Gasteiger partial charge in [0.1, 0.15) is 10.6 Å². The molecule has 0 spiro atoms. The number of methoxy groups -OCH3 is 1. The molecule has 1 aromatic rings. The highest BCUT2D eigenvalue weighted by Crippen LogP contribution is 2.26. The van der Waals surface area contributed by atoms with Crippen molar-refractivity contribution in [2.75, 3.05) is 26.7 Å². The lowest BCUT2D eigenvalue weighted by molar-refractivity contribution is -0.120. The fraction of sp³-hybridized carbons (Fsp3) is 0.455. The Labute approximate surface area is 103 Å². The summed E-state index contributed by atoms with van der Waals surface area (Å²) in [6.07, 6.45) is 0.361. The van der Waals surface area contributed by atoms with E-state index in [0.29, 0.717) is 36.7 Å². The first-order chi connectivity index (χ1) is 8.22. The largest absolute Gasteiger partial charge is 0.495 e. The van der Waals surface area contributed by atoms with Crippen molar-refractivity contribution in [1.82, 2.24) is 10.2 Å². The van der Waals surface area contributed by atoms with Gasteiger partial charge in [-0.25, -0.2) is 0 Å². The topological polar surface area (TPSA) is 58.6 Å². The van der Waals surface area contributed by atoms with E-state index >= 15 is 0 Å². The fourth-order valence-electron chi connectivity index (χ4n) is 1.73. The number of ether oxygens (including phenoxy) is 1. The van der Waals surface area contributed by atoms with Gasteiger partial charge >= 0.3 is 0 Å². The van der Waals surface area contributed by atoms with E-state index in [1.54, 1.807) is 18.1 Å². The average Bonchev–Trinajstić information content (AvgIpc) is 2.70. The maximum Gasteiger partial charge on any atom is 0.267 e. The Morgan fingerprint density at radius 1 is 1.53 bits per heavy atom. The van der Waals surface area contributed by atoms with E-state index < -0.39 is 0 Å². The number of nitrogens with one attached hydrogen (secondary N) is 1. The molecule has 1 fully saturated rings. The van der Waals surface area contributed by atoms with Crippen molar-refractivity contribution in [2.45, 2.75) is 6.42 Å². The van der Waals surface area contributed by atoms with Crippen LogP contribution in [0.5, 0.6) is 5.75 Å². The molecule has 2 rings (SSSR count). The molecule has 92 valence electrons. The molecule has 0 atom stereocenters. The number of hydrogen-bond donors (Lipinski definition) is 1. The lowest BCUT2D eigenvalue weighted by Gasteiger charge is -2.19. The van der Waals surface area contributed by atoms with Crippen molar-refractivity contribution >= 4 is 23.2 Å². The van der Waals surface area contributed by atoms with Gasteiger partial charge in [-0.2, -0.15) is 0 Å². The first kappa shape index (κ1) is 11.9. The highest BCUT2D eigenvalue weighted by atomic mass is 32.1. The molecule has 1 aromatic heterocycles. The number of carbonyl (C=O) groups excluding carboxylic acids is 2. The molecule has 0 unspecified atom stereocenters. The van der Waals surface area contributed by atoms with E-state index in [9.17, 15) is 9.59 Å². The molecule has 1 N–H and O–H groups in total. The Morgan fingerprint density at radius 2 is 2.35 bits per heavy atom. The summed E-state index contributed by atoms with van der Waals surface area (Å²) < 4.78 is 5.13. The third-order valence-electron chi connectivity index (χ3n) is 2.64. The Balaban J connectivity index is 2.11.